The molecule has 0 aliphatic carbocycles. The molecule has 0 unspecified atom stereocenters. The van der Waals surface area contributed by atoms with Crippen LogP contribution in [0.2, 0.25) is 0 Å². The normalized spacial score (nSPS) is 10.1. The number of unbranched alkanes of at least 4 members (excludes halogenated alkanes) is 1. The van der Waals surface area contributed by atoms with Crippen LogP contribution in [0.4, 0.5) is 4.79 Å². The van der Waals surface area contributed by atoms with Crippen LogP contribution in [0.1, 0.15) is 29.6 Å². The predicted molar refractivity (Wildman–Crippen MR) is 72.4 cm³/mol. The number of Topliss-reactive ketones (excluding diaryl/α,β-unsaturated/α-hetero) is 1. The average Bonchev–Trinajstić information content (AvgIpc) is 2.38. The third kappa shape index (κ3) is 5.23. The molecular weight excluding hydrogens is 250 g/mol. The summed E-state index contributed by atoms with van der Waals surface area (Å²) < 4.78 is 0. The van der Waals surface area contributed by atoms with E-state index in [1.807, 2.05) is 30.5 Å². The molecule has 2 N–H and O–H groups in total. The molecule has 0 saturated carbocycles. The lowest BCUT2D eigenvalue weighted by atomic mass is 10.1. The minimum Gasteiger partial charge on any atom is -0.465 e. The highest BCUT2D eigenvalue weighted by Gasteiger charge is 2.05. The minimum atomic E-state index is -1.02. The van der Waals surface area contributed by atoms with Gasteiger partial charge in [-0.25, -0.2) is 4.79 Å². The quantitative estimate of drug-likeness (QED) is 0.453. The van der Waals surface area contributed by atoms with Gasteiger partial charge in [-0.15, -0.1) is 11.8 Å². The van der Waals surface area contributed by atoms with Gasteiger partial charge in [0.1, 0.15) is 0 Å². The Kier molecular flexibility index (Phi) is 6.28. The van der Waals surface area contributed by atoms with Gasteiger partial charge in [-0.2, -0.15) is 0 Å². The van der Waals surface area contributed by atoms with E-state index in [-0.39, 0.29) is 5.78 Å². The lowest BCUT2D eigenvalue weighted by Crippen LogP contribution is -2.21. The van der Waals surface area contributed by atoms with Gasteiger partial charge in [-0.05, 0) is 31.2 Å². The summed E-state index contributed by atoms with van der Waals surface area (Å²) in [6.07, 6.45) is 2.81. The molecule has 0 atom stereocenters. The van der Waals surface area contributed by atoms with Crippen LogP contribution in [0.25, 0.3) is 0 Å². The summed E-state index contributed by atoms with van der Waals surface area (Å²) in [6.45, 7) is 0.397. The van der Waals surface area contributed by atoms with Crippen molar-refractivity contribution in [1.29, 1.82) is 0 Å². The molecule has 0 spiro atoms. The minimum absolute atomic E-state index is 0.109. The fourth-order valence-corrected chi connectivity index (χ4v) is 1.94. The molecule has 1 rings (SSSR count). The Morgan fingerprint density at radius 2 is 1.89 bits per heavy atom. The third-order valence-corrected chi connectivity index (χ3v) is 3.26. The van der Waals surface area contributed by atoms with Crippen molar-refractivity contribution in [2.45, 2.75) is 24.2 Å². The summed E-state index contributed by atoms with van der Waals surface area (Å²) in [5.41, 5.74) is 0.721. The maximum Gasteiger partial charge on any atom is 0.404 e. The SMILES string of the molecule is CSc1ccc(C(=O)CCCCNC(=O)O)cc1. The van der Waals surface area contributed by atoms with Crippen molar-refractivity contribution in [2.75, 3.05) is 12.8 Å². The van der Waals surface area contributed by atoms with Crippen LogP contribution in [0.3, 0.4) is 0 Å². The smallest absolute Gasteiger partial charge is 0.404 e. The average molecular weight is 267 g/mol. The van der Waals surface area contributed by atoms with E-state index in [0.717, 1.165) is 10.5 Å². The highest BCUT2D eigenvalue weighted by atomic mass is 32.2. The number of hydrogen-bond donors (Lipinski definition) is 2. The first kappa shape index (κ1) is 14.6. The molecular formula is C13H17NO3S. The van der Waals surface area contributed by atoms with E-state index < -0.39 is 6.09 Å². The Hall–Kier alpha value is -1.49. The summed E-state index contributed by atoms with van der Waals surface area (Å²) in [4.78, 5) is 23.1. The van der Waals surface area contributed by atoms with Crippen molar-refractivity contribution in [2.24, 2.45) is 0 Å². The predicted octanol–water partition coefficient (Wildman–Crippen LogP) is 3.03. The summed E-state index contributed by atoms with van der Waals surface area (Å²) in [5.74, 6) is 0.109. The Labute approximate surface area is 111 Å². The van der Waals surface area contributed by atoms with Crippen LogP contribution >= 0.6 is 11.8 Å². The second-order valence-corrected chi connectivity index (χ2v) is 4.72. The van der Waals surface area contributed by atoms with Crippen molar-refractivity contribution >= 4 is 23.6 Å². The molecule has 0 radical (unpaired) electrons. The van der Waals surface area contributed by atoms with Crippen molar-refractivity contribution in [1.82, 2.24) is 5.32 Å². The monoisotopic (exact) mass is 267 g/mol. The standard InChI is InChI=1S/C13H17NO3S/c1-18-11-7-5-10(6-8-11)12(15)4-2-3-9-14-13(16)17/h5-8,14H,2-4,9H2,1H3,(H,16,17). The van der Waals surface area contributed by atoms with Gasteiger partial charge in [0.2, 0.25) is 0 Å². The number of carbonyl (C=O) groups is 2. The number of rotatable bonds is 7. The molecule has 0 bridgehead atoms. The summed E-state index contributed by atoms with van der Waals surface area (Å²) in [6, 6.07) is 7.54. The number of nitrogens with one attached hydrogen (secondary N) is 1. The Morgan fingerprint density at radius 3 is 2.44 bits per heavy atom. The molecule has 18 heavy (non-hydrogen) atoms. The molecule has 98 valence electrons. The number of carbonyl (C=O) groups excluding carboxylic acids is 1. The van der Waals surface area contributed by atoms with Gasteiger partial charge in [0.25, 0.3) is 0 Å². The van der Waals surface area contributed by atoms with E-state index in [0.29, 0.717) is 25.8 Å². The zero-order chi connectivity index (χ0) is 13.4. The topological polar surface area (TPSA) is 66.4 Å². The molecule has 0 heterocycles. The summed E-state index contributed by atoms with van der Waals surface area (Å²) in [7, 11) is 0. The van der Waals surface area contributed by atoms with Crippen molar-refractivity contribution in [3.63, 3.8) is 0 Å². The van der Waals surface area contributed by atoms with Crippen LogP contribution in [0, 0.1) is 0 Å². The maximum absolute atomic E-state index is 11.8. The second-order valence-electron chi connectivity index (χ2n) is 3.84. The number of benzene rings is 1. The summed E-state index contributed by atoms with van der Waals surface area (Å²) in [5, 5.41) is 10.6. The molecule has 4 nitrogen and oxygen atoms in total. The van der Waals surface area contributed by atoms with E-state index in [4.69, 9.17) is 5.11 Å². The van der Waals surface area contributed by atoms with E-state index in [1.165, 1.54) is 0 Å². The molecule has 0 fully saturated rings. The van der Waals surface area contributed by atoms with Gasteiger partial charge < -0.3 is 10.4 Å². The largest absolute Gasteiger partial charge is 0.465 e. The fourth-order valence-electron chi connectivity index (χ4n) is 1.53. The van der Waals surface area contributed by atoms with Gasteiger partial charge in [0.15, 0.2) is 5.78 Å². The lowest BCUT2D eigenvalue weighted by molar-refractivity contribution is 0.0979. The van der Waals surface area contributed by atoms with E-state index in [1.54, 1.807) is 11.8 Å². The molecule has 0 aromatic heterocycles. The first-order chi connectivity index (χ1) is 8.63. The molecule has 0 saturated heterocycles. The van der Waals surface area contributed by atoms with Crippen molar-refractivity contribution in [3.8, 4) is 0 Å². The molecule has 0 aliphatic rings. The lowest BCUT2D eigenvalue weighted by Gasteiger charge is -2.03. The van der Waals surface area contributed by atoms with E-state index in [9.17, 15) is 9.59 Å². The van der Waals surface area contributed by atoms with Crippen LogP contribution in [-0.2, 0) is 0 Å². The Balaban J connectivity index is 2.29. The Bertz CT molecular complexity index is 403. The third-order valence-electron chi connectivity index (χ3n) is 2.52. The van der Waals surface area contributed by atoms with Crippen LogP contribution < -0.4 is 5.32 Å². The van der Waals surface area contributed by atoms with Crippen LogP contribution in [0.5, 0.6) is 0 Å². The molecule has 1 amide bonds. The maximum atomic E-state index is 11.8. The van der Waals surface area contributed by atoms with Gasteiger partial charge in [-0.3, -0.25) is 4.79 Å². The fraction of sp³-hybridized carbons (Fsp3) is 0.385. The number of amides is 1. The molecule has 5 heteroatoms. The molecule has 1 aromatic carbocycles. The van der Waals surface area contributed by atoms with Gasteiger partial charge >= 0.3 is 6.09 Å². The zero-order valence-electron chi connectivity index (χ0n) is 10.3. The highest BCUT2D eigenvalue weighted by molar-refractivity contribution is 7.98. The number of hydrogen-bond acceptors (Lipinski definition) is 3. The zero-order valence-corrected chi connectivity index (χ0v) is 11.1. The number of carboxylic acid groups (broad SMARTS) is 1. The Morgan fingerprint density at radius 1 is 1.22 bits per heavy atom. The van der Waals surface area contributed by atoms with Gasteiger partial charge in [0.05, 0.1) is 0 Å². The van der Waals surface area contributed by atoms with Crippen molar-refractivity contribution < 1.29 is 14.7 Å². The van der Waals surface area contributed by atoms with E-state index in [2.05, 4.69) is 5.32 Å². The van der Waals surface area contributed by atoms with Gasteiger partial charge in [-0.1, -0.05) is 12.1 Å². The van der Waals surface area contributed by atoms with Gasteiger partial charge in [0, 0.05) is 23.4 Å². The number of thioether (sulfide) groups is 1. The first-order valence-corrected chi connectivity index (χ1v) is 7.00. The second kappa shape index (κ2) is 7.76. The molecule has 0 aliphatic heterocycles. The number of ketones is 1. The first-order valence-electron chi connectivity index (χ1n) is 5.77. The van der Waals surface area contributed by atoms with Crippen molar-refractivity contribution in [3.05, 3.63) is 29.8 Å². The summed E-state index contributed by atoms with van der Waals surface area (Å²) >= 11 is 1.64. The van der Waals surface area contributed by atoms with E-state index >= 15 is 0 Å². The molecule has 1 aromatic rings. The van der Waals surface area contributed by atoms with Crippen LogP contribution in [-0.4, -0.2) is 29.8 Å². The highest BCUT2D eigenvalue weighted by Crippen LogP contribution is 2.16. The van der Waals surface area contributed by atoms with Crippen LogP contribution in [0.15, 0.2) is 29.2 Å².